The van der Waals surface area contributed by atoms with E-state index in [-0.39, 0.29) is 12.1 Å². The minimum absolute atomic E-state index is 0.219. The second-order valence-electron chi connectivity index (χ2n) is 3.65. The summed E-state index contributed by atoms with van der Waals surface area (Å²) in [4.78, 5) is 3.22. The lowest BCUT2D eigenvalue weighted by molar-refractivity contribution is 0.118. The first kappa shape index (κ1) is 8.78. The zero-order valence-electron chi connectivity index (χ0n) is 7.88. The third-order valence-corrected chi connectivity index (χ3v) is 2.79. The van der Waals surface area contributed by atoms with Gasteiger partial charge in [-0.3, -0.25) is 0 Å². The molecule has 0 amide bonds. The lowest BCUT2D eigenvalue weighted by Gasteiger charge is -2.27. The fraction of sp³-hybridized carbons (Fsp3) is 0.600. The number of hydrogen-bond donors (Lipinski definition) is 3. The van der Waals surface area contributed by atoms with Gasteiger partial charge < -0.3 is 15.4 Å². The number of aromatic amines is 1. The molecule has 0 fully saturated rings. The number of aliphatic hydroxyl groups excluding tert-OH is 1. The van der Waals surface area contributed by atoms with Gasteiger partial charge in [0.15, 0.2) is 0 Å². The van der Waals surface area contributed by atoms with Crippen LogP contribution < -0.4 is 5.32 Å². The number of nitrogens with one attached hydrogen (secondary N) is 2. The Morgan fingerprint density at radius 1 is 1.69 bits per heavy atom. The van der Waals surface area contributed by atoms with Crippen molar-refractivity contribution in [3.05, 3.63) is 23.5 Å². The Bertz CT molecular complexity index is 282. The summed E-state index contributed by atoms with van der Waals surface area (Å²) in [6.07, 6.45) is 3.47. The van der Waals surface area contributed by atoms with Crippen molar-refractivity contribution in [3.63, 3.8) is 0 Å². The molecule has 3 heteroatoms. The highest BCUT2D eigenvalue weighted by Crippen LogP contribution is 2.17. The van der Waals surface area contributed by atoms with Crippen molar-refractivity contribution in [2.75, 3.05) is 0 Å². The van der Waals surface area contributed by atoms with Gasteiger partial charge in [-0.15, -0.1) is 0 Å². The second-order valence-corrected chi connectivity index (χ2v) is 3.65. The summed E-state index contributed by atoms with van der Waals surface area (Å²) >= 11 is 0. The van der Waals surface area contributed by atoms with Crippen LogP contribution in [0.3, 0.4) is 0 Å². The molecule has 1 aromatic heterocycles. The molecule has 1 aliphatic rings. The third-order valence-electron chi connectivity index (χ3n) is 2.79. The van der Waals surface area contributed by atoms with E-state index in [2.05, 4.69) is 16.4 Å². The van der Waals surface area contributed by atoms with E-state index in [1.54, 1.807) is 0 Å². The van der Waals surface area contributed by atoms with Crippen LogP contribution in [0, 0.1) is 0 Å². The molecular formula is C10H16N2O. The fourth-order valence-corrected chi connectivity index (χ4v) is 1.88. The third kappa shape index (κ3) is 1.62. The molecule has 0 saturated carbocycles. The lowest BCUT2D eigenvalue weighted by Crippen LogP contribution is -2.43. The van der Waals surface area contributed by atoms with Gasteiger partial charge in [-0.2, -0.15) is 0 Å². The van der Waals surface area contributed by atoms with Crippen LogP contribution in [-0.2, 0) is 13.0 Å². The minimum atomic E-state index is -0.226. The molecule has 0 radical (unpaired) electrons. The average Bonchev–Trinajstić information content (AvgIpc) is 2.63. The van der Waals surface area contributed by atoms with Gasteiger partial charge in [0.2, 0.25) is 0 Å². The zero-order chi connectivity index (χ0) is 9.26. The molecule has 13 heavy (non-hydrogen) atoms. The molecule has 3 nitrogen and oxygen atoms in total. The molecule has 1 aliphatic heterocycles. The Labute approximate surface area is 78.2 Å². The van der Waals surface area contributed by atoms with Gasteiger partial charge in [0, 0.05) is 30.9 Å². The Hall–Kier alpha value is -0.800. The van der Waals surface area contributed by atoms with Crippen molar-refractivity contribution in [2.24, 2.45) is 0 Å². The van der Waals surface area contributed by atoms with Crippen molar-refractivity contribution in [1.29, 1.82) is 0 Å². The molecule has 0 saturated heterocycles. The van der Waals surface area contributed by atoms with Gasteiger partial charge in [-0.25, -0.2) is 0 Å². The predicted octanol–water partition coefficient (Wildman–Crippen LogP) is 0.800. The first-order valence-corrected chi connectivity index (χ1v) is 4.88. The van der Waals surface area contributed by atoms with E-state index in [4.69, 9.17) is 0 Å². The number of H-pyrrole nitrogens is 1. The van der Waals surface area contributed by atoms with Crippen molar-refractivity contribution in [3.8, 4) is 0 Å². The average molecular weight is 180 g/mol. The van der Waals surface area contributed by atoms with Crippen LogP contribution in [0.4, 0.5) is 0 Å². The number of aromatic nitrogens is 1. The summed E-state index contributed by atoms with van der Waals surface area (Å²) in [6.45, 7) is 2.89. The van der Waals surface area contributed by atoms with E-state index in [0.29, 0.717) is 0 Å². The highest BCUT2D eigenvalue weighted by molar-refractivity contribution is 5.24. The van der Waals surface area contributed by atoms with E-state index < -0.39 is 0 Å². The van der Waals surface area contributed by atoms with E-state index in [9.17, 15) is 5.11 Å². The van der Waals surface area contributed by atoms with Crippen molar-refractivity contribution < 1.29 is 5.11 Å². The largest absolute Gasteiger partial charge is 0.392 e. The molecule has 2 heterocycles. The summed E-state index contributed by atoms with van der Waals surface area (Å²) in [7, 11) is 0. The quantitative estimate of drug-likeness (QED) is 0.630. The molecule has 1 aromatic rings. The Morgan fingerprint density at radius 2 is 2.54 bits per heavy atom. The summed E-state index contributed by atoms with van der Waals surface area (Å²) in [5, 5.41) is 13.0. The minimum Gasteiger partial charge on any atom is -0.392 e. The Kier molecular flexibility index (Phi) is 2.38. The van der Waals surface area contributed by atoms with Crippen LogP contribution in [0.15, 0.2) is 12.3 Å². The normalized spacial score (nSPS) is 24.0. The Morgan fingerprint density at radius 3 is 3.31 bits per heavy atom. The van der Waals surface area contributed by atoms with E-state index in [0.717, 1.165) is 19.4 Å². The molecular weight excluding hydrogens is 164 g/mol. The summed E-state index contributed by atoms with van der Waals surface area (Å²) < 4.78 is 0. The van der Waals surface area contributed by atoms with E-state index in [1.165, 1.54) is 11.3 Å². The van der Waals surface area contributed by atoms with Gasteiger partial charge in [0.25, 0.3) is 0 Å². The molecule has 0 bridgehead atoms. The number of rotatable bonds is 2. The summed E-state index contributed by atoms with van der Waals surface area (Å²) in [5.41, 5.74) is 2.61. The van der Waals surface area contributed by atoms with E-state index in [1.807, 2.05) is 13.1 Å². The molecule has 0 spiro atoms. The van der Waals surface area contributed by atoms with Crippen LogP contribution in [0.1, 0.15) is 24.6 Å². The van der Waals surface area contributed by atoms with Crippen LogP contribution in [0.25, 0.3) is 0 Å². The lowest BCUT2D eigenvalue weighted by atomic mass is 9.97. The maximum Gasteiger partial charge on any atom is 0.0694 e. The van der Waals surface area contributed by atoms with Crippen molar-refractivity contribution in [1.82, 2.24) is 10.3 Å². The van der Waals surface area contributed by atoms with Gasteiger partial charge in [-0.05, 0) is 18.1 Å². The second kappa shape index (κ2) is 3.52. The van der Waals surface area contributed by atoms with Gasteiger partial charge >= 0.3 is 0 Å². The van der Waals surface area contributed by atoms with Crippen molar-refractivity contribution in [2.45, 2.75) is 38.5 Å². The Balaban J connectivity index is 2.08. The van der Waals surface area contributed by atoms with Gasteiger partial charge in [0.05, 0.1) is 6.10 Å². The number of fused-ring (bicyclic) bond motifs is 1. The van der Waals surface area contributed by atoms with Crippen LogP contribution in [0.2, 0.25) is 0 Å². The maximum absolute atomic E-state index is 9.67. The number of aliphatic hydroxyl groups is 1. The molecule has 0 aliphatic carbocycles. The van der Waals surface area contributed by atoms with Crippen LogP contribution in [0.5, 0.6) is 0 Å². The standard InChI is InChI=1S/C10H16N2O/c1-2-10(13)9-5-8-7(6-12-9)3-4-11-8/h3-4,9-13H,2,5-6H2,1H3. The highest BCUT2D eigenvalue weighted by Gasteiger charge is 2.23. The number of hydrogen-bond acceptors (Lipinski definition) is 2. The molecule has 72 valence electrons. The monoisotopic (exact) mass is 180 g/mol. The topological polar surface area (TPSA) is 48.0 Å². The van der Waals surface area contributed by atoms with Crippen molar-refractivity contribution >= 4 is 0 Å². The predicted molar refractivity (Wildman–Crippen MR) is 51.4 cm³/mol. The van der Waals surface area contributed by atoms with E-state index >= 15 is 0 Å². The maximum atomic E-state index is 9.67. The summed E-state index contributed by atoms with van der Waals surface area (Å²) in [6, 6.07) is 2.31. The smallest absolute Gasteiger partial charge is 0.0694 e. The van der Waals surface area contributed by atoms with Gasteiger partial charge in [0.1, 0.15) is 0 Å². The van der Waals surface area contributed by atoms with Crippen LogP contribution in [-0.4, -0.2) is 22.2 Å². The fourth-order valence-electron chi connectivity index (χ4n) is 1.88. The first-order chi connectivity index (χ1) is 6.31. The molecule has 2 unspecified atom stereocenters. The SMILES string of the molecule is CCC(O)C1Cc2[nH]ccc2CN1. The highest BCUT2D eigenvalue weighted by atomic mass is 16.3. The summed E-state index contributed by atoms with van der Waals surface area (Å²) in [5.74, 6) is 0. The zero-order valence-corrected chi connectivity index (χ0v) is 7.88. The van der Waals surface area contributed by atoms with Crippen LogP contribution >= 0.6 is 0 Å². The van der Waals surface area contributed by atoms with Gasteiger partial charge in [-0.1, -0.05) is 6.92 Å². The molecule has 2 atom stereocenters. The molecule has 0 aromatic carbocycles. The molecule has 2 rings (SSSR count). The first-order valence-electron chi connectivity index (χ1n) is 4.88. The molecule has 3 N–H and O–H groups in total.